The summed E-state index contributed by atoms with van der Waals surface area (Å²) in [4.78, 5) is 9.81. The van der Waals surface area contributed by atoms with Gasteiger partial charge in [0.25, 0.3) is 0 Å². The van der Waals surface area contributed by atoms with Crippen LogP contribution in [0.4, 0.5) is 0 Å². The number of pyridine rings is 1. The van der Waals surface area contributed by atoms with E-state index in [0.717, 1.165) is 27.8 Å². The van der Waals surface area contributed by atoms with Crippen molar-refractivity contribution in [1.29, 1.82) is 0 Å². The zero-order valence-corrected chi connectivity index (χ0v) is 39.3. The summed E-state index contributed by atoms with van der Waals surface area (Å²) in [5.41, 5.74) is 8.11. The Kier molecular flexibility index (Phi) is 8.75. The van der Waals surface area contributed by atoms with Gasteiger partial charge in [0, 0.05) is 42.6 Å². The van der Waals surface area contributed by atoms with Crippen LogP contribution in [0.3, 0.4) is 0 Å². The Bertz CT molecular complexity index is 3720. The Morgan fingerprint density at radius 1 is 0.625 bits per heavy atom. The molecule has 2 aromatic heterocycles. The smallest absolute Gasteiger partial charge is 0.148 e. The number of rotatable bonds is 7. The number of para-hydroxylation sites is 1. The van der Waals surface area contributed by atoms with Crippen LogP contribution in [-0.2, 0) is 31.9 Å². The van der Waals surface area contributed by atoms with Crippen molar-refractivity contribution in [2.24, 2.45) is 0 Å². The second-order valence-electron chi connectivity index (χ2n) is 18.2. The van der Waals surface area contributed by atoms with E-state index in [0.29, 0.717) is 55.9 Å². The fraction of sp³-hybridized carbons (Fsp3) is 0.186. The fourth-order valence-electron chi connectivity index (χ4n) is 8.10. The first-order chi connectivity index (χ1) is 34.7. The molecule has 7 aromatic carbocycles. The van der Waals surface area contributed by atoms with Crippen molar-refractivity contribution in [3.05, 3.63) is 192 Å². The number of hydrogen-bond acceptors (Lipinski definition) is 3. The van der Waals surface area contributed by atoms with E-state index in [4.69, 9.17) is 18.7 Å². The molecule has 1 N–H and O–H groups in total. The molecule has 4 nitrogen and oxygen atoms in total. The number of aromatic nitrogens is 3. The number of nitrogens with zero attached hydrogens (tertiary/aromatic N) is 3. The molecule has 64 heavy (non-hydrogen) atoms. The third-order valence-electron chi connectivity index (χ3n) is 11.5. The second kappa shape index (κ2) is 17.3. The molecule has 9 aromatic rings. The molecular weight excluding hydrogens is 962 g/mol. The first-order valence-corrected chi connectivity index (χ1v) is 21.0. The number of phenols is 1. The zero-order valence-electron chi connectivity index (χ0n) is 48.0. The largest absolute Gasteiger partial charge is 0.507 e. The van der Waals surface area contributed by atoms with E-state index in [1.165, 1.54) is 0 Å². The van der Waals surface area contributed by atoms with Crippen LogP contribution in [0.5, 0.6) is 5.75 Å². The number of phenolic OH excluding ortho intramolecular Hbond substituents is 1. The van der Waals surface area contributed by atoms with E-state index in [1.54, 1.807) is 12.1 Å². The summed E-state index contributed by atoms with van der Waals surface area (Å²) in [6, 6.07) is 33.8. The first kappa shape index (κ1) is 32.3. The van der Waals surface area contributed by atoms with Crippen LogP contribution in [0.25, 0.3) is 83.9 Å². The maximum absolute atomic E-state index is 12.0. The molecule has 5 heteroatoms. The average Bonchev–Trinajstić information content (AvgIpc) is 3.74. The van der Waals surface area contributed by atoms with Gasteiger partial charge < -0.3 is 5.11 Å². The molecule has 322 valence electrons. The molecule has 0 radical (unpaired) electrons. The summed E-state index contributed by atoms with van der Waals surface area (Å²) in [5, 5.41) is 12.0. The van der Waals surface area contributed by atoms with Crippen LogP contribution in [0.15, 0.2) is 158 Å². The zero-order chi connectivity index (χ0) is 53.7. The van der Waals surface area contributed by atoms with E-state index >= 15 is 0 Å². The predicted molar refractivity (Wildman–Crippen MR) is 264 cm³/mol. The summed E-state index contributed by atoms with van der Waals surface area (Å²) in [6.07, 6.45) is -0.564. The summed E-state index contributed by atoms with van der Waals surface area (Å²) in [5.74, 6) is 0.335. The standard InChI is InChI=1S/C59H54N3O.Pt/c1-37-29-39(3)56(63)51(30-37)57-61-55-48(44-32-45(34-47(33-44)59(7,8)9)52-35-43(27-28-60-52)40-17-12-10-13-18-40)21-16-22-53(55)62(57)54-31-38(2)49(36-50(54)41-19-14-11-15-20-41)42-23-25-46(26-24-42)58(4,5)6;/h10-31,33-36,63H,1-9H3;/q-1;/i2D3,10D,12D,13D,17D,18D,27D,28D,35D;. The van der Waals surface area contributed by atoms with Crippen molar-refractivity contribution in [3.8, 4) is 78.6 Å². The van der Waals surface area contributed by atoms with Crippen LogP contribution in [-0.4, -0.2) is 19.6 Å². The average molecular weight is 1030 g/mol. The molecule has 0 saturated carbocycles. The Hall–Kier alpha value is -6.35. The van der Waals surface area contributed by atoms with E-state index < -0.39 is 60.7 Å². The van der Waals surface area contributed by atoms with E-state index in [9.17, 15) is 6.48 Å². The Morgan fingerprint density at radius 2 is 1.33 bits per heavy atom. The number of aryl methyl sites for hydroxylation is 3. The van der Waals surface area contributed by atoms with Crippen LogP contribution in [0.2, 0.25) is 0 Å². The third-order valence-corrected chi connectivity index (χ3v) is 11.5. The Labute approximate surface area is 408 Å². The molecule has 0 aliphatic carbocycles. The van der Waals surface area contributed by atoms with Gasteiger partial charge in [-0.1, -0.05) is 162 Å². The first-order valence-electron chi connectivity index (χ1n) is 26.5. The van der Waals surface area contributed by atoms with Gasteiger partial charge in [-0.25, -0.2) is 4.98 Å². The van der Waals surface area contributed by atoms with Gasteiger partial charge in [0.05, 0.1) is 33.3 Å². The molecule has 0 amide bonds. The molecule has 0 fully saturated rings. The molecule has 0 atom stereocenters. The summed E-state index contributed by atoms with van der Waals surface area (Å²) in [6.45, 7) is 13.6. The minimum Gasteiger partial charge on any atom is -0.507 e. The van der Waals surface area contributed by atoms with Crippen LogP contribution >= 0.6 is 0 Å². The summed E-state index contributed by atoms with van der Waals surface area (Å²) < 4.78 is 98.5. The maximum atomic E-state index is 12.0. The normalized spacial score (nSPS) is 14.4. The number of aromatic hydroxyl groups is 1. The molecule has 0 aliphatic heterocycles. The minimum absolute atomic E-state index is 0. The Morgan fingerprint density at radius 3 is 2.03 bits per heavy atom. The van der Waals surface area contributed by atoms with E-state index in [-0.39, 0.29) is 60.2 Å². The van der Waals surface area contributed by atoms with Crippen molar-refractivity contribution >= 4 is 11.0 Å². The van der Waals surface area contributed by atoms with Crippen LogP contribution < -0.4 is 0 Å². The quantitative estimate of drug-likeness (QED) is 0.162. The van der Waals surface area contributed by atoms with Gasteiger partial charge in [0.15, 0.2) is 0 Å². The van der Waals surface area contributed by atoms with E-state index in [2.05, 4.69) is 31.8 Å². The summed E-state index contributed by atoms with van der Waals surface area (Å²) >= 11 is 0. The number of benzene rings is 7. The number of hydrogen-bond donors (Lipinski definition) is 1. The third kappa shape index (κ3) is 8.52. The monoisotopic (exact) mass is 1030 g/mol. The van der Waals surface area contributed by atoms with Crippen LogP contribution in [0.1, 0.15) is 84.4 Å². The minimum atomic E-state index is -2.57. The van der Waals surface area contributed by atoms with Gasteiger partial charge in [0.1, 0.15) is 11.6 Å². The molecule has 0 aliphatic rings. The van der Waals surface area contributed by atoms with Crippen molar-refractivity contribution in [2.45, 2.75) is 73.1 Å². The van der Waals surface area contributed by atoms with Gasteiger partial charge in [-0.15, -0.1) is 29.3 Å². The van der Waals surface area contributed by atoms with Crippen molar-refractivity contribution in [3.63, 3.8) is 0 Å². The molecule has 0 unspecified atom stereocenters. The molecular formula is C59H54N3OPt-. The Balaban J connectivity index is 0.00000747. The molecule has 2 heterocycles. The molecule has 0 spiro atoms. The van der Waals surface area contributed by atoms with Gasteiger partial charge in [-0.05, 0) is 112 Å². The number of fused-ring (bicyclic) bond motifs is 1. The summed E-state index contributed by atoms with van der Waals surface area (Å²) in [7, 11) is 0. The van der Waals surface area contributed by atoms with Crippen molar-refractivity contribution in [1.82, 2.24) is 14.5 Å². The predicted octanol–water partition coefficient (Wildman–Crippen LogP) is 15.4. The maximum Gasteiger partial charge on any atom is 0.148 e. The molecule has 9 rings (SSSR count). The van der Waals surface area contributed by atoms with Gasteiger partial charge in [-0.2, -0.15) is 0 Å². The van der Waals surface area contributed by atoms with Crippen molar-refractivity contribution < 1.29 is 41.3 Å². The van der Waals surface area contributed by atoms with Gasteiger partial charge >= 0.3 is 0 Å². The van der Waals surface area contributed by atoms with Gasteiger partial charge in [-0.3, -0.25) is 9.55 Å². The van der Waals surface area contributed by atoms with Crippen LogP contribution in [0, 0.1) is 26.8 Å². The molecule has 0 saturated heterocycles. The topological polar surface area (TPSA) is 50.9 Å². The van der Waals surface area contributed by atoms with E-state index in [1.807, 2.05) is 136 Å². The number of imidazole rings is 1. The van der Waals surface area contributed by atoms with Gasteiger partial charge in [0.2, 0.25) is 0 Å². The second-order valence-corrected chi connectivity index (χ2v) is 18.2. The van der Waals surface area contributed by atoms with Crippen molar-refractivity contribution in [2.75, 3.05) is 0 Å². The fourth-order valence-corrected chi connectivity index (χ4v) is 8.10. The molecule has 0 bridgehead atoms. The SMILES string of the molecule is [2H]c1nc(-c2[c-]c(-c3cccc4c3nc(-c3cc(C)cc(C)c3O)n4-c3cc(C([2H])([2H])[2H])c(-c4ccc(C(C)(C)C)cc4)cc3-c3ccccc3)cc(C(C)(C)C)c2)c([2H])c(-c2c([2H])c([2H])c([2H])c([2H])c2[2H])c1[2H].[Pt].